The van der Waals surface area contributed by atoms with Gasteiger partial charge >= 0.3 is 0 Å². The summed E-state index contributed by atoms with van der Waals surface area (Å²) < 4.78 is 5.63. The Hall–Kier alpha value is -2.17. The number of aryl methyl sites for hydroxylation is 1. The van der Waals surface area contributed by atoms with Crippen molar-refractivity contribution in [2.75, 3.05) is 0 Å². The summed E-state index contributed by atoms with van der Waals surface area (Å²) >= 11 is 0. The molecule has 1 amide bonds. The van der Waals surface area contributed by atoms with E-state index in [0.717, 1.165) is 18.4 Å². The van der Waals surface area contributed by atoms with Gasteiger partial charge in [-0.2, -0.15) is 0 Å². The lowest BCUT2D eigenvalue weighted by Gasteiger charge is -2.15. The Balaban J connectivity index is 1.48. The fourth-order valence-electron chi connectivity index (χ4n) is 3.00. The van der Waals surface area contributed by atoms with Crippen LogP contribution in [0.2, 0.25) is 0 Å². The van der Waals surface area contributed by atoms with E-state index in [2.05, 4.69) is 15.5 Å². The maximum Gasteiger partial charge on any atom is 0.247 e. The van der Waals surface area contributed by atoms with Crippen molar-refractivity contribution < 1.29 is 9.21 Å². The number of benzene rings is 1. The van der Waals surface area contributed by atoms with Crippen LogP contribution in [0.15, 0.2) is 34.7 Å². The lowest BCUT2D eigenvalue weighted by Crippen LogP contribution is -2.34. The summed E-state index contributed by atoms with van der Waals surface area (Å²) in [5.74, 6) is 1.10. The van der Waals surface area contributed by atoms with E-state index in [1.165, 1.54) is 25.7 Å². The van der Waals surface area contributed by atoms with Crippen LogP contribution in [0.5, 0.6) is 0 Å². The Kier molecular flexibility index (Phi) is 5.40. The number of carbonyl (C=O) groups is 1. The van der Waals surface area contributed by atoms with E-state index >= 15 is 0 Å². The quantitative estimate of drug-likeness (QED) is 0.858. The maximum atomic E-state index is 12.1. The van der Waals surface area contributed by atoms with Crippen molar-refractivity contribution in [1.82, 2.24) is 15.5 Å². The molecule has 1 aliphatic rings. The molecule has 0 unspecified atom stereocenters. The second-order valence-corrected chi connectivity index (χ2v) is 6.12. The number of hydrogen-bond acceptors (Lipinski definition) is 4. The zero-order valence-corrected chi connectivity index (χ0v) is 13.3. The second-order valence-electron chi connectivity index (χ2n) is 6.12. The zero-order valence-electron chi connectivity index (χ0n) is 13.3. The van der Waals surface area contributed by atoms with E-state index in [1.54, 1.807) is 0 Å². The SMILES string of the molecule is O=C(CCc1nnc(-c2ccccc2)o1)NC1CCCCCC1. The Labute approximate surface area is 136 Å². The van der Waals surface area contributed by atoms with Crippen molar-refractivity contribution in [2.45, 2.75) is 57.4 Å². The van der Waals surface area contributed by atoms with Crippen LogP contribution >= 0.6 is 0 Å². The molecule has 0 saturated heterocycles. The van der Waals surface area contributed by atoms with Crippen molar-refractivity contribution in [3.05, 3.63) is 36.2 Å². The molecule has 122 valence electrons. The van der Waals surface area contributed by atoms with E-state index in [0.29, 0.717) is 30.7 Å². The first-order valence-electron chi connectivity index (χ1n) is 8.48. The number of hydrogen-bond donors (Lipinski definition) is 1. The molecule has 2 aromatic rings. The first-order chi connectivity index (χ1) is 11.3. The summed E-state index contributed by atoms with van der Waals surface area (Å²) in [6, 6.07) is 10.00. The van der Waals surface area contributed by atoms with Crippen LogP contribution < -0.4 is 5.32 Å². The van der Waals surface area contributed by atoms with Crippen LogP contribution in [-0.2, 0) is 11.2 Å². The number of amides is 1. The van der Waals surface area contributed by atoms with Gasteiger partial charge in [-0.15, -0.1) is 10.2 Å². The summed E-state index contributed by atoms with van der Waals surface area (Å²) in [7, 11) is 0. The number of nitrogens with zero attached hydrogens (tertiary/aromatic N) is 2. The first kappa shape index (κ1) is 15.7. The minimum atomic E-state index is 0.0800. The molecule has 0 radical (unpaired) electrons. The average Bonchev–Trinajstić information content (AvgIpc) is 2.91. The molecule has 5 heteroatoms. The van der Waals surface area contributed by atoms with Crippen molar-refractivity contribution in [3.63, 3.8) is 0 Å². The lowest BCUT2D eigenvalue weighted by molar-refractivity contribution is -0.121. The third-order valence-electron chi connectivity index (χ3n) is 4.27. The van der Waals surface area contributed by atoms with E-state index < -0.39 is 0 Å². The van der Waals surface area contributed by atoms with Gasteiger partial charge in [-0.25, -0.2) is 0 Å². The Morgan fingerprint density at radius 2 is 1.83 bits per heavy atom. The lowest BCUT2D eigenvalue weighted by atomic mass is 10.1. The van der Waals surface area contributed by atoms with E-state index in [-0.39, 0.29) is 5.91 Å². The van der Waals surface area contributed by atoms with Crippen LogP contribution in [0.3, 0.4) is 0 Å². The van der Waals surface area contributed by atoms with Gasteiger partial charge in [0.2, 0.25) is 17.7 Å². The van der Waals surface area contributed by atoms with Crippen LogP contribution in [-0.4, -0.2) is 22.1 Å². The summed E-state index contributed by atoms with van der Waals surface area (Å²) in [5.41, 5.74) is 0.897. The van der Waals surface area contributed by atoms with Crippen LogP contribution in [0, 0.1) is 0 Å². The van der Waals surface area contributed by atoms with Crippen LogP contribution in [0.25, 0.3) is 11.5 Å². The maximum absolute atomic E-state index is 12.1. The molecule has 0 spiro atoms. The monoisotopic (exact) mass is 313 g/mol. The van der Waals surface area contributed by atoms with Crippen molar-refractivity contribution >= 4 is 5.91 Å². The highest BCUT2D eigenvalue weighted by molar-refractivity contribution is 5.76. The van der Waals surface area contributed by atoms with Gasteiger partial charge in [0.1, 0.15) is 0 Å². The predicted molar refractivity (Wildman–Crippen MR) is 87.7 cm³/mol. The molecule has 23 heavy (non-hydrogen) atoms. The number of carbonyl (C=O) groups excluding carboxylic acids is 1. The molecular formula is C18H23N3O2. The Morgan fingerprint density at radius 1 is 1.09 bits per heavy atom. The average molecular weight is 313 g/mol. The molecule has 0 atom stereocenters. The van der Waals surface area contributed by atoms with Gasteiger partial charge in [0, 0.05) is 24.4 Å². The molecule has 1 fully saturated rings. The summed E-state index contributed by atoms with van der Waals surface area (Å²) in [6.07, 6.45) is 8.09. The Morgan fingerprint density at radius 3 is 2.57 bits per heavy atom. The molecule has 3 rings (SSSR count). The summed E-state index contributed by atoms with van der Waals surface area (Å²) in [4.78, 5) is 12.1. The normalized spacial score (nSPS) is 16.0. The predicted octanol–water partition coefficient (Wildman–Crippen LogP) is 3.51. The van der Waals surface area contributed by atoms with Gasteiger partial charge in [-0.1, -0.05) is 43.9 Å². The number of nitrogens with one attached hydrogen (secondary N) is 1. The summed E-state index contributed by atoms with van der Waals surface area (Å²) in [5, 5.41) is 11.2. The van der Waals surface area contributed by atoms with Crippen LogP contribution in [0.1, 0.15) is 50.8 Å². The van der Waals surface area contributed by atoms with Gasteiger partial charge in [0.15, 0.2) is 0 Å². The largest absolute Gasteiger partial charge is 0.421 e. The standard InChI is InChI=1S/C18H23N3O2/c22-16(19-15-10-6-1-2-7-11-15)12-13-17-20-21-18(23-17)14-8-4-3-5-9-14/h3-5,8-9,15H,1-2,6-7,10-13H2,(H,19,22). The second kappa shape index (κ2) is 7.90. The molecule has 0 bridgehead atoms. The van der Waals surface area contributed by atoms with E-state index in [1.807, 2.05) is 30.3 Å². The van der Waals surface area contributed by atoms with Gasteiger partial charge in [-0.3, -0.25) is 4.79 Å². The number of rotatable bonds is 5. The molecule has 1 aromatic heterocycles. The number of aromatic nitrogens is 2. The topological polar surface area (TPSA) is 68.0 Å². The minimum Gasteiger partial charge on any atom is -0.421 e. The van der Waals surface area contributed by atoms with E-state index in [4.69, 9.17) is 4.42 Å². The van der Waals surface area contributed by atoms with Crippen molar-refractivity contribution in [1.29, 1.82) is 0 Å². The smallest absolute Gasteiger partial charge is 0.247 e. The van der Waals surface area contributed by atoms with Crippen molar-refractivity contribution in [3.8, 4) is 11.5 Å². The highest BCUT2D eigenvalue weighted by Crippen LogP contribution is 2.19. The van der Waals surface area contributed by atoms with Crippen molar-refractivity contribution in [2.24, 2.45) is 0 Å². The molecule has 1 aliphatic carbocycles. The van der Waals surface area contributed by atoms with E-state index in [9.17, 15) is 4.79 Å². The van der Waals surface area contributed by atoms with Gasteiger partial charge in [-0.05, 0) is 25.0 Å². The molecular weight excluding hydrogens is 290 g/mol. The van der Waals surface area contributed by atoms with Gasteiger partial charge < -0.3 is 9.73 Å². The molecule has 0 aliphatic heterocycles. The van der Waals surface area contributed by atoms with Gasteiger partial charge in [0.25, 0.3) is 0 Å². The fraction of sp³-hybridized carbons (Fsp3) is 0.500. The fourth-order valence-corrected chi connectivity index (χ4v) is 3.00. The zero-order chi connectivity index (χ0) is 15.9. The highest BCUT2D eigenvalue weighted by Gasteiger charge is 2.15. The molecule has 1 N–H and O–H groups in total. The minimum absolute atomic E-state index is 0.0800. The third kappa shape index (κ3) is 4.65. The molecule has 1 saturated carbocycles. The first-order valence-corrected chi connectivity index (χ1v) is 8.48. The molecule has 1 heterocycles. The summed E-state index contributed by atoms with van der Waals surface area (Å²) in [6.45, 7) is 0. The third-order valence-corrected chi connectivity index (χ3v) is 4.27. The van der Waals surface area contributed by atoms with Crippen LogP contribution in [0.4, 0.5) is 0 Å². The highest BCUT2D eigenvalue weighted by atomic mass is 16.4. The molecule has 5 nitrogen and oxygen atoms in total. The molecule has 1 aromatic carbocycles. The van der Waals surface area contributed by atoms with Gasteiger partial charge in [0.05, 0.1) is 0 Å². The Bertz CT molecular complexity index is 616.